The minimum Gasteiger partial charge on any atom is -0.492 e. The zero-order valence-electron chi connectivity index (χ0n) is 17.1. The van der Waals surface area contributed by atoms with E-state index in [2.05, 4.69) is 5.32 Å². The second kappa shape index (κ2) is 11.2. The van der Waals surface area contributed by atoms with Gasteiger partial charge in [-0.2, -0.15) is 4.31 Å². The van der Waals surface area contributed by atoms with Crippen LogP contribution in [-0.2, 0) is 21.2 Å². The second-order valence-electron chi connectivity index (χ2n) is 7.38. The van der Waals surface area contributed by atoms with Crippen LogP contribution in [0.2, 0.25) is 10.0 Å². The Labute approximate surface area is 193 Å². The Balaban J connectivity index is 1.39. The Morgan fingerprint density at radius 2 is 1.71 bits per heavy atom. The number of nitrogens with one attached hydrogen (secondary N) is 1. The molecule has 3 rings (SSSR count). The normalized spacial score (nSPS) is 14.9. The number of piperidine rings is 1. The first kappa shape index (κ1) is 23.9. The summed E-state index contributed by atoms with van der Waals surface area (Å²) in [7, 11) is -3.44. The molecule has 9 heteroatoms. The fourth-order valence-corrected chi connectivity index (χ4v) is 5.20. The molecule has 1 heterocycles. The van der Waals surface area contributed by atoms with Crippen molar-refractivity contribution in [1.29, 1.82) is 0 Å². The van der Waals surface area contributed by atoms with Crippen molar-refractivity contribution in [3.05, 3.63) is 58.1 Å². The molecule has 1 fully saturated rings. The summed E-state index contributed by atoms with van der Waals surface area (Å²) in [6, 6.07) is 11.7. The van der Waals surface area contributed by atoms with Crippen LogP contribution in [0.1, 0.15) is 31.2 Å². The van der Waals surface area contributed by atoms with Crippen molar-refractivity contribution >= 4 is 39.1 Å². The molecule has 0 spiro atoms. The summed E-state index contributed by atoms with van der Waals surface area (Å²) in [4.78, 5) is 12.3. The first-order chi connectivity index (χ1) is 14.9. The molecule has 0 unspecified atom stereocenters. The Bertz CT molecular complexity index is 991. The number of sulfonamides is 1. The van der Waals surface area contributed by atoms with Gasteiger partial charge in [-0.3, -0.25) is 4.79 Å². The number of ether oxygens (including phenoxy) is 1. The van der Waals surface area contributed by atoms with Crippen molar-refractivity contribution < 1.29 is 17.9 Å². The highest BCUT2D eigenvalue weighted by molar-refractivity contribution is 7.89. The maximum atomic E-state index is 12.7. The SMILES string of the molecule is O=C(CCc1ccc(Cl)c(Cl)c1)NCCOc1ccc(S(=O)(=O)N2CCCCC2)cc1. The molecule has 1 aliphatic heterocycles. The maximum absolute atomic E-state index is 12.7. The van der Waals surface area contributed by atoms with Crippen LogP contribution in [0.5, 0.6) is 5.75 Å². The number of hydrogen-bond donors (Lipinski definition) is 1. The molecule has 1 aliphatic rings. The quantitative estimate of drug-likeness (QED) is 0.538. The van der Waals surface area contributed by atoms with Crippen LogP contribution in [0.4, 0.5) is 0 Å². The van der Waals surface area contributed by atoms with Crippen LogP contribution >= 0.6 is 23.2 Å². The van der Waals surface area contributed by atoms with E-state index in [1.165, 1.54) is 0 Å². The molecule has 0 saturated carbocycles. The van der Waals surface area contributed by atoms with Crippen molar-refractivity contribution in [3.63, 3.8) is 0 Å². The highest BCUT2D eigenvalue weighted by Gasteiger charge is 2.25. The monoisotopic (exact) mass is 484 g/mol. The van der Waals surface area contributed by atoms with Crippen molar-refractivity contribution in [3.8, 4) is 5.75 Å². The van der Waals surface area contributed by atoms with E-state index in [0.29, 0.717) is 48.3 Å². The van der Waals surface area contributed by atoms with E-state index >= 15 is 0 Å². The molecule has 1 saturated heterocycles. The van der Waals surface area contributed by atoms with Crippen LogP contribution in [0.15, 0.2) is 47.4 Å². The van der Waals surface area contributed by atoms with Gasteiger partial charge in [-0.05, 0) is 61.2 Å². The third-order valence-electron chi connectivity index (χ3n) is 5.09. The zero-order chi connectivity index (χ0) is 22.3. The lowest BCUT2D eigenvalue weighted by atomic mass is 10.1. The fraction of sp³-hybridized carbons (Fsp3) is 0.409. The Hall–Kier alpha value is -1.80. The molecule has 0 aliphatic carbocycles. The zero-order valence-corrected chi connectivity index (χ0v) is 19.5. The van der Waals surface area contributed by atoms with E-state index in [0.717, 1.165) is 24.8 Å². The van der Waals surface area contributed by atoms with Crippen LogP contribution in [-0.4, -0.2) is 44.9 Å². The molecule has 0 radical (unpaired) electrons. The van der Waals surface area contributed by atoms with E-state index in [4.69, 9.17) is 27.9 Å². The largest absolute Gasteiger partial charge is 0.492 e. The predicted octanol–water partition coefficient (Wildman–Crippen LogP) is 4.30. The highest BCUT2D eigenvalue weighted by atomic mass is 35.5. The Morgan fingerprint density at radius 3 is 2.39 bits per heavy atom. The van der Waals surface area contributed by atoms with Crippen molar-refractivity contribution in [1.82, 2.24) is 9.62 Å². The number of halogens is 2. The van der Waals surface area contributed by atoms with E-state index in [1.54, 1.807) is 40.7 Å². The van der Waals surface area contributed by atoms with Crippen LogP contribution in [0.3, 0.4) is 0 Å². The van der Waals surface area contributed by atoms with Crippen LogP contribution < -0.4 is 10.1 Å². The van der Waals surface area contributed by atoms with Gasteiger partial charge in [-0.25, -0.2) is 8.42 Å². The van der Waals surface area contributed by atoms with Gasteiger partial charge in [-0.1, -0.05) is 35.7 Å². The molecule has 2 aromatic carbocycles. The Kier molecular flexibility index (Phi) is 8.60. The molecule has 168 valence electrons. The van der Waals surface area contributed by atoms with E-state index in [9.17, 15) is 13.2 Å². The summed E-state index contributed by atoms with van der Waals surface area (Å²) in [6.45, 7) is 1.79. The number of amides is 1. The second-order valence-corrected chi connectivity index (χ2v) is 10.1. The average molecular weight is 485 g/mol. The summed E-state index contributed by atoms with van der Waals surface area (Å²) in [5.41, 5.74) is 0.945. The van der Waals surface area contributed by atoms with E-state index in [1.807, 2.05) is 6.07 Å². The smallest absolute Gasteiger partial charge is 0.243 e. The highest BCUT2D eigenvalue weighted by Crippen LogP contribution is 2.24. The lowest BCUT2D eigenvalue weighted by Crippen LogP contribution is -2.35. The lowest BCUT2D eigenvalue weighted by molar-refractivity contribution is -0.121. The topological polar surface area (TPSA) is 75.7 Å². The summed E-state index contributed by atoms with van der Waals surface area (Å²) in [6.07, 6.45) is 3.78. The number of benzene rings is 2. The van der Waals surface area contributed by atoms with Crippen molar-refractivity contribution in [2.75, 3.05) is 26.2 Å². The molecule has 6 nitrogen and oxygen atoms in total. The van der Waals surface area contributed by atoms with Crippen molar-refractivity contribution in [2.45, 2.75) is 37.0 Å². The first-order valence-electron chi connectivity index (χ1n) is 10.3. The molecule has 1 amide bonds. The van der Waals surface area contributed by atoms with Gasteiger partial charge in [-0.15, -0.1) is 0 Å². The van der Waals surface area contributed by atoms with Gasteiger partial charge in [0.25, 0.3) is 0 Å². The molecular formula is C22H26Cl2N2O4S. The van der Waals surface area contributed by atoms with E-state index < -0.39 is 10.0 Å². The van der Waals surface area contributed by atoms with Gasteiger partial charge in [0, 0.05) is 19.5 Å². The number of nitrogens with zero attached hydrogens (tertiary/aromatic N) is 1. The minimum absolute atomic E-state index is 0.0855. The molecule has 2 aromatic rings. The maximum Gasteiger partial charge on any atom is 0.243 e. The van der Waals surface area contributed by atoms with Gasteiger partial charge in [0.1, 0.15) is 12.4 Å². The molecule has 0 atom stereocenters. The molecule has 0 aromatic heterocycles. The van der Waals surface area contributed by atoms with E-state index in [-0.39, 0.29) is 17.4 Å². The number of rotatable bonds is 9. The average Bonchev–Trinajstić information content (AvgIpc) is 2.78. The minimum atomic E-state index is -3.44. The summed E-state index contributed by atoms with van der Waals surface area (Å²) in [5.74, 6) is 0.472. The Morgan fingerprint density at radius 1 is 1.00 bits per heavy atom. The summed E-state index contributed by atoms with van der Waals surface area (Å²) < 4.78 is 32.5. The fourth-order valence-electron chi connectivity index (χ4n) is 3.36. The lowest BCUT2D eigenvalue weighted by Gasteiger charge is -2.25. The number of hydrogen-bond acceptors (Lipinski definition) is 4. The van der Waals surface area contributed by atoms with Gasteiger partial charge in [0.2, 0.25) is 15.9 Å². The van der Waals surface area contributed by atoms with Crippen LogP contribution in [0, 0.1) is 0 Å². The molecule has 1 N–H and O–H groups in total. The number of carbonyl (C=O) groups is 1. The number of carbonyl (C=O) groups excluding carboxylic acids is 1. The standard InChI is InChI=1S/C22H26Cl2N2O4S/c23-20-10-4-17(16-21(20)24)5-11-22(27)25-12-15-30-18-6-8-19(9-7-18)31(28,29)26-13-2-1-3-14-26/h4,6-10,16H,1-3,5,11-15H2,(H,25,27). The van der Waals surface area contributed by atoms with Gasteiger partial charge < -0.3 is 10.1 Å². The molecule has 0 bridgehead atoms. The number of aryl methyl sites for hydroxylation is 1. The third kappa shape index (κ3) is 6.84. The van der Waals surface area contributed by atoms with Gasteiger partial charge >= 0.3 is 0 Å². The predicted molar refractivity (Wildman–Crippen MR) is 122 cm³/mol. The first-order valence-corrected chi connectivity index (χ1v) is 12.5. The molecule has 31 heavy (non-hydrogen) atoms. The van der Waals surface area contributed by atoms with Crippen LogP contribution in [0.25, 0.3) is 0 Å². The molecular weight excluding hydrogens is 459 g/mol. The summed E-state index contributed by atoms with van der Waals surface area (Å²) in [5, 5.41) is 3.77. The third-order valence-corrected chi connectivity index (χ3v) is 7.75. The summed E-state index contributed by atoms with van der Waals surface area (Å²) >= 11 is 11.9. The van der Waals surface area contributed by atoms with Gasteiger partial charge in [0.15, 0.2) is 0 Å². The van der Waals surface area contributed by atoms with Gasteiger partial charge in [0.05, 0.1) is 21.5 Å². The van der Waals surface area contributed by atoms with Crippen molar-refractivity contribution in [2.24, 2.45) is 0 Å².